The van der Waals surface area contributed by atoms with Crippen molar-refractivity contribution >= 4 is 23.8 Å². The second-order valence-electron chi connectivity index (χ2n) is 5.70. The van der Waals surface area contributed by atoms with Crippen LogP contribution >= 0.6 is 11.9 Å². The summed E-state index contributed by atoms with van der Waals surface area (Å²) in [5.74, 6) is -2.42. The Morgan fingerprint density at radius 3 is 2.41 bits per heavy atom. The molecule has 142 valence electrons. The van der Waals surface area contributed by atoms with E-state index in [2.05, 4.69) is 15.2 Å². The van der Waals surface area contributed by atoms with Crippen LogP contribution in [0.4, 0.5) is 4.39 Å². The van der Waals surface area contributed by atoms with E-state index in [-0.39, 0.29) is 16.9 Å². The first kappa shape index (κ1) is 19.2. The Morgan fingerprint density at radius 1 is 1.04 bits per heavy atom. The first-order valence-corrected chi connectivity index (χ1v) is 9.01. The van der Waals surface area contributed by atoms with Gasteiger partial charge in [-0.05, 0) is 42.3 Å². The number of amides is 2. The number of phenolic OH excluding ortho intramolecular Hbond substituents is 1. The molecule has 2 aromatic rings. The Morgan fingerprint density at radius 2 is 1.70 bits per heavy atom. The van der Waals surface area contributed by atoms with Gasteiger partial charge < -0.3 is 9.84 Å². The smallest absolute Gasteiger partial charge is 0.273 e. The van der Waals surface area contributed by atoms with Crippen LogP contribution in [0.25, 0.3) is 0 Å². The molecule has 1 aliphatic heterocycles. The summed E-state index contributed by atoms with van der Waals surface area (Å²) in [7, 11) is 0. The summed E-state index contributed by atoms with van der Waals surface area (Å²) in [5, 5.41) is 9.65. The number of nitrogens with one attached hydrogen (secondary N) is 2. The predicted octanol–water partition coefficient (Wildman–Crippen LogP) is 1.95. The van der Waals surface area contributed by atoms with Gasteiger partial charge in [0.15, 0.2) is 0 Å². The summed E-state index contributed by atoms with van der Waals surface area (Å²) in [6, 6.07) is 10.1. The molecular formula is C18H18FN3O4S. The summed E-state index contributed by atoms with van der Waals surface area (Å²) in [5.41, 5.74) is 4.14. The largest absolute Gasteiger partial charge is 0.507 e. The summed E-state index contributed by atoms with van der Waals surface area (Å²) in [6.45, 7) is 2.72. The van der Waals surface area contributed by atoms with Gasteiger partial charge in [0.05, 0.1) is 24.3 Å². The summed E-state index contributed by atoms with van der Waals surface area (Å²) in [6.07, 6.45) is 0. The van der Waals surface area contributed by atoms with Crippen LogP contribution in [-0.2, 0) is 4.74 Å². The molecule has 0 saturated carbocycles. The minimum Gasteiger partial charge on any atom is -0.507 e. The monoisotopic (exact) mass is 391 g/mol. The van der Waals surface area contributed by atoms with Crippen LogP contribution in [0.2, 0.25) is 0 Å². The van der Waals surface area contributed by atoms with Gasteiger partial charge in [-0.1, -0.05) is 12.1 Å². The van der Waals surface area contributed by atoms with E-state index in [0.717, 1.165) is 13.1 Å². The molecule has 1 saturated heterocycles. The van der Waals surface area contributed by atoms with Gasteiger partial charge in [-0.25, -0.2) is 8.70 Å². The minimum atomic E-state index is -0.791. The van der Waals surface area contributed by atoms with Crippen molar-refractivity contribution in [2.45, 2.75) is 4.90 Å². The molecule has 27 heavy (non-hydrogen) atoms. The van der Waals surface area contributed by atoms with Crippen molar-refractivity contribution in [3.8, 4) is 5.75 Å². The molecule has 1 fully saturated rings. The van der Waals surface area contributed by atoms with Crippen molar-refractivity contribution in [2.24, 2.45) is 0 Å². The van der Waals surface area contributed by atoms with Crippen LogP contribution in [0.15, 0.2) is 47.4 Å². The Labute approximate surface area is 159 Å². The Balaban J connectivity index is 1.64. The Bertz CT molecular complexity index is 843. The van der Waals surface area contributed by atoms with Crippen molar-refractivity contribution < 1.29 is 23.8 Å². The van der Waals surface area contributed by atoms with Gasteiger partial charge in [0, 0.05) is 18.0 Å². The van der Waals surface area contributed by atoms with Gasteiger partial charge in [-0.2, -0.15) is 0 Å². The Kier molecular flexibility index (Phi) is 6.28. The van der Waals surface area contributed by atoms with Gasteiger partial charge in [0.2, 0.25) is 0 Å². The van der Waals surface area contributed by atoms with Gasteiger partial charge in [-0.15, -0.1) is 0 Å². The zero-order valence-corrected chi connectivity index (χ0v) is 15.1. The SMILES string of the molecule is O=C(NNC(=O)c1cc(SN2CCOCC2)ccc1F)c1ccccc1O. The second kappa shape index (κ2) is 8.85. The lowest BCUT2D eigenvalue weighted by Crippen LogP contribution is -2.42. The molecule has 9 heteroatoms. The highest BCUT2D eigenvalue weighted by Crippen LogP contribution is 2.25. The van der Waals surface area contributed by atoms with Crippen LogP contribution in [0.5, 0.6) is 5.75 Å². The number of benzene rings is 2. The fourth-order valence-electron chi connectivity index (χ4n) is 2.44. The third-order valence-electron chi connectivity index (χ3n) is 3.83. The van der Waals surface area contributed by atoms with Crippen LogP contribution in [0, 0.1) is 5.82 Å². The van der Waals surface area contributed by atoms with Gasteiger partial charge >= 0.3 is 0 Å². The maximum atomic E-state index is 14.1. The number of hydrogen-bond acceptors (Lipinski definition) is 6. The number of aromatic hydroxyl groups is 1. The summed E-state index contributed by atoms with van der Waals surface area (Å²) >= 11 is 1.41. The van der Waals surface area contributed by atoms with Gasteiger partial charge in [-0.3, -0.25) is 20.4 Å². The van der Waals surface area contributed by atoms with E-state index >= 15 is 0 Å². The standard InChI is InChI=1S/C18H18FN3O4S/c19-15-6-5-12(27-22-7-9-26-10-8-22)11-14(15)18(25)21-20-17(24)13-3-1-2-4-16(13)23/h1-6,11,23H,7-10H2,(H,20,24)(H,21,25). The zero-order chi connectivity index (χ0) is 19.2. The number of para-hydroxylation sites is 1. The molecule has 0 spiro atoms. The molecule has 0 aliphatic carbocycles. The first-order valence-electron chi connectivity index (χ1n) is 8.23. The molecule has 0 aromatic heterocycles. The lowest BCUT2D eigenvalue weighted by molar-refractivity contribution is 0.0773. The number of nitrogens with zero attached hydrogens (tertiary/aromatic N) is 1. The molecule has 0 bridgehead atoms. The van der Waals surface area contributed by atoms with Crippen LogP contribution < -0.4 is 10.9 Å². The average molecular weight is 391 g/mol. The van der Waals surface area contributed by atoms with Crippen molar-refractivity contribution in [3.05, 3.63) is 59.4 Å². The maximum Gasteiger partial charge on any atom is 0.273 e. The molecule has 1 heterocycles. The van der Waals surface area contributed by atoms with Gasteiger partial charge in [0.25, 0.3) is 11.8 Å². The predicted molar refractivity (Wildman–Crippen MR) is 97.7 cm³/mol. The van der Waals surface area contributed by atoms with E-state index < -0.39 is 17.6 Å². The molecule has 1 aliphatic rings. The van der Waals surface area contributed by atoms with E-state index in [1.165, 1.54) is 36.2 Å². The lowest BCUT2D eigenvalue weighted by atomic mass is 10.2. The number of halogens is 1. The fourth-order valence-corrected chi connectivity index (χ4v) is 3.37. The number of carbonyl (C=O) groups excluding carboxylic acids is 2. The number of ether oxygens (including phenoxy) is 1. The topological polar surface area (TPSA) is 90.9 Å². The summed E-state index contributed by atoms with van der Waals surface area (Å²) < 4.78 is 21.4. The molecular weight excluding hydrogens is 373 g/mol. The molecule has 0 atom stereocenters. The van der Waals surface area contributed by atoms with Crippen LogP contribution in [-0.4, -0.2) is 47.5 Å². The molecule has 2 aromatic carbocycles. The first-order chi connectivity index (χ1) is 13.0. The fraction of sp³-hybridized carbons (Fsp3) is 0.222. The van der Waals surface area contributed by atoms with Crippen molar-refractivity contribution in [1.82, 2.24) is 15.2 Å². The second-order valence-corrected chi connectivity index (χ2v) is 6.87. The molecule has 0 radical (unpaired) electrons. The molecule has 7 nitrogen and oxygen atoms in total. The van der Waals surface area contributed by atoms with Crippen molar-refractivity contribution in [1.29, 1.82) is 0 Å². The third kappa shape index (κ3) is 4.97. The number of rotatable bonds is 4. The molecule has 3 rings (SSSR count). The van der Waals surface area contributed by atoms with Crippen molar-refractivity contribution in [2.75, 3.05) is 26.3 Å². The number of phenols is 1. The lowest BCUT2D eigenvalue weighted by Gasteiger charge is -2.25. The van der Waals surface area contributed by atoms with Crippen LogP contribution in [0.3, 0.4) is 0 Å². The number of hydrazine groups is 1. The van der Waals surface area contributed by atoms with E-state index in [9.17, 15) is 19.1 Å². The highest BCUT2D eigenvalue weighted by molar-refractivity contribution is 7.97. The van der Waals surface area contributed by atoms with E-state index in [1.54, 1.807) is 18.2 Å². The Hall–Kier alpha value is -2.62. The zero-order valence-electron chi connectivity index (χ0n) is 14.3. The quantitative estimate of drug-likeness (QED) is 0.545. The van der Waals surface area contributed by atoms with E-state index in [0.29, 0.717) is 18.1 Å². The normalized spacial score (nSPS) is 14.6. The minimum absolute atomic E-state index is 0.00473. The average Bonchev–Trinajstić information content (AvgIpc) is 2.68. The number of hydrogen-bond donors (Lipinski definition) is 3. The van der Waals surface area contributed by atoms with Crippen LogP contribution in [0.1, 0.15) is 20.7 Å². The molecule has 3 N–H and O–H groups in total. The highest BCUT2D eigenvalue weighted by Gasteiger charge is 2.17. The highest BCUT2D eigenvalue weighted by atomic mass is 32.2. The molecule has 2 amide bonds. The van der Waals surface area contributed by atoms with E-state index in [4.69, 9.17) is 4.74 Å². The van der Waals surface area contributed by atoms with Gasteiger partial charge in [0.1, 0.15) is 11.6 Å². The third-order valence-corrected chi connectivity index (χ3v) is 4.91. The molecule has 0 unspecified atom stereocenters. The van der Waals surface area contributed by atoms with Crippen molar-refractivity contribution in [3.63, 3.8) is 0 Å². The summed E-state index contributed by atoms with van der Waals surface area (Å²) in [4.78, 5) is 25.0. The van der Waals surface area contributed by atoms with E-state index in [1.807, 2.05) is 0 Å². The maximum absolute atomic E-state index is 14.1. The number of carbonyl (C=O) groups is 2. The number of morpholine rings is 1.